The third-order valence-electron chi connectivity index (χ3n) is 3.46. The Hall–Kier alpha value is -1.60. The van der Waals surface area contributed by atoms with Gasteiger partial charge in [0.25, 0.3) is 0 Å². The summed E-state index contributed by atoms with van der Waals surface area (Å²) in [5.41, 5.74) is 6.91. The van der Waals surface area contributed by atoms with Crippen molar-refractivity contribution in [1.29, 1.82) is 0 Å². The number of nitrogens with two attached hydrogens (primary N) is 1. The monoisotopic (exact) mass is 265 g/mol. The minimum atomic E-state index is 0.659. The number of hydrogen-bond acceptors (Lipinski definition) is 7. The zero-order chi connectivity index (χ0) is 13.1. The number of morpholine rings is 2. The Labute approximate surface area is 112 Å². The average molecular weight is 265 g/mol. The summed E-state index contributed by atoms with van der Waals surface area (Å²) in [7, 11) is 0. The molecule has 7 heteroatoms. The molecule has 0 aromatic carbocycles. The number of nitrogens with zero attached hydrogens (tertiary/aromatic N) is 4. The van der Waals surface area contributed by atoms with Gasteiger partial charge in [-0.2, -0.15) is 0 Å². The van der Waals surface area contributed by atoms with Crippen LogP contribution in [0.4, 0.5) is 17.3 Å². The van der Waals surface area contributed by atoms with E-state index < -0.39 is 0 Å². The highest BCUT2D eigenvalue weighted by atomic mass is 16.5. The van der Waals surface area contributed by atoms with Crippen LogP contribution in [0.2, 0.25) is 0 Å². The van der Waals surface area contributed by atoms with Gasteiger partial charge in [0.1, 0.15) is 12.0 Å². The molecule has 2 aliphatic heterocycles. The Morgan fingerprint density at radius 2 is 1.26 bits per heavy atom. The van der Waals surface area contributed by atoms with Gasteiger partial charge in [-0.25, -0.2) is 9.97 Å². The Kier molecular flexibility index (Phi) is 3.65. The van der Waals surface area contributed by atoms with E-state index >= 15 is 0 Å². The van der Waals surface area contributed by atoms with Crippen molar-refractivity contribution in [3.05, 3.63) is 6.33 Å². The highest BCUT2D eigenvalue weighted by molar-refractivity contribution is 5.75. The molecule has 104 valence electrons. The molecule has 0 saturated carbocycles. The Morgan fingerprint density at radius 3 is 1.68 bits per heavy atom. The van der Waals surface area contributed by atoms with Crippen LogP contribution in [-0.2, 0) is 9.47 Å². The topological polar surface area (TPSA) is 76.7 Å². The SMILES string of the molecule is Nc1c(N2CCOCC2)ncnc1N1CCOCC1. The third-order valence-corrected chi connectivity index (χ3v) is 3.46. The summed E-state index contributed by atoms with van der Waals surface area (Å²) in [6.07, 6.45) is 1.59. The quantitative estimate of drug-likeness (QED) is 0.789. The molecule has 0 unspecified atom stereocenters. The predicted octanol–water partition coefficient (Wildman–Crippen LogP) is -0.268. The van der Waals surface area contributed by atoms with E-state index in [-0.39, 0.29) is 0 Å². The molecule has 2 aliphatic rings. The first-order valence-corrected chi connectivity index (χ1v) is 6.62. The molecular weight excluding hydrogens is 246 g/mol. The minimum Gasteiger partial charge on any atom is -0.393 e. The first kappa shape index (κ1) is 12.4. The summed E-state index contributed by atoms with van der Waals surface area (Å²) in [4.78, 5) is 13.0. The zero-order valence-corrected chi connectivity index (χ0v) is 10.9. The number of aromatic nitrogens is 2. The van der Waals surface area contributed by atoms with Gasteiger partial charge in [-0.05, 0) is 0 Å². The van der Waals surface area contributed by atoms with Crippen molar-refractivity contribution in [1.82, 2.24) is 9.97 Å². The summed E-state index contributed by atoms with van der Waals surface area (Å²) < 4.78 is 10.7. The van der Waals surface area contributed by atoms with Crippen LogP contribution in [0.15, 0.2) is 6.33 Å². The maximum Gasteiger partial charge on any atom is 0.157 e. The predicted molar refractivity (Wildman–Crippen MR) is 72.5 cm³/mol. The highest BCUT2D eigenvalue weighted by Gasteiger charge is 2.21. The van der Waals surface area contributed by atoms with Gasteiger partial charge in [-0.15, -0.1) is 0 Å². The molecule has 0 amide bonds. The summed E-state index contributed by atoms with van der Waals surface area (Å²) in [5, 5.41) is 0. The van der Waals surface area contributed by atoms with Gasteiger partial charge < -0.3 is 25.0 Å². The smallest absolute Gasteiger partial charge is 0.157 e. The molecule has 0 radical (unpaired) electrons. The fourth-order valence-corrected chi connectivity index (χ4v) is 2.43. The second-order valence-electron chi connectivity index (χ2n) is 4.63. The van der Waals surface area contributed by atoms with Crippen molar-refractivity contribution in [2.45, 2.75) is 0 Å². The van der Waals surface area contributed by atoms with Gasteiger partial charge in [0.15, 0.2) is 11.6 Å². The van der Waals surface area contributed by atoms with Crippen molar-refractivity contribution in [3.63, 3.8) is 0 Å². The standard InChI is InChI=1S/C12H19N5O2/c13-10-11(16-1-5-18-6-2-16)14-9-15-12(10)17-3-7-19-8-4-17/h9H,1-8,13H2. The molecule has 0 atom stereocenters. The third kappa shape index (κ3) is 2.57. The van der Waals surface area contributed by atoms with Crippen LogP contribution in [0.5, 0.6) is 0 Å². The van der Waals surface area contributed by atoms with Gasteiger partial charge in [-0.3, -0.25) is 0 Å². The Bertz CT molecular complexity index is 394. The number of rotatable bonds is 2. The summed E-state index contributed by atoms with van der Waals surface area (Å²) in [6, 6.07) is 0. The number of anilines is 3. The first-order valence-electron chi connectivity index (χ1n) is 6.62. The Balaban J connectivity index is 1.84. The number of ether oxygens (including phenoxy) is 2. The Morgan fingerprint density at radius 1 is 0.842 bits per heavy atom. The second-order valence-corrected chi connectivity index (χ2v) is 4.63. The van der Waals surface area contributed by atoms with E-state index in [0.29, 0.717) is 5.69 Å². The zero-order valence-electron chi connectivity index (χ0n) is 10.9. The van der Waals surface area contributed by atoms with Crippen molar-refractivity contribution in [2.24, 2.45) is 0 Å². The number of nitrogen functional groups attached to an aromatic ring is 1. The lowest BCUT2D eigenvalue weighted by Crippen LogP contribution is -2.39. The van der Waals surface area contributed by atoms with Gasteiger partial charge in [0.2, 0.25) is 0 Å². The van der Waals surface area contributed by atoms with E-state index in [1.54, 1.807) is 6.33 Å². The van der Waals surface area contributed by atoms with Crippen LogP contribution in [0.1, 0.15) is 0 Å². The molecule has 3 rings (SSSR count). The molecule has 0 bridgehead atoms. The molecule has 0 aliphatic carbocycles. The molecular formula is C12H19N5O2. The van der Waals surface area contributed by atoms with Crippen molar-refractivity contribution in [3.8, 4) is 0 Å². The molecule has 2 saturated heterocycles. The van der Waals surface area contributed by atoms with Crippen molar-refractivity contribution < 1.29 is 9.47 Å². The summed E-state index contributed by atoms with van der Waals surface area (Å²) in [6.45, 7) is 6.17. The highest BCUT2D eigenvalue weighted by Crippen LogP contribution is 2.29. The lowest BCUT2D eigenvalue weighted by Gasteiger charge is -2.32. The lowest BCUT2D eigenvalue weighted by molar-refractivity contribution is 0.122. The fourth-order valence-electron chi connectivity index (χ4n) is 2.43. The second kappa shape index (κ2) is 5.58. The van der Waals surface area contributed by atoms with Crippen LogP contribution in [0.3, 0.4) is 0 Å². The molecule has 19 heavy (non-hydrogen) atoms. The molecule has 1 aromatic rings. The maximum atomic E-state index is 6.26. The van der Waals surface area contributed by atoms with Crippen LogP contribution < -0.4 is 15.5 Å². The minimum absolute atomic E-state index is 0.659. The van der Waals surface area contributed by atoms with Crippen LogP contribution in [-0.4, -0.2) is 62.6 Å². The van der Waals surface area contributed by atoms with E-state index in [9.17, 15) is 0 Å². The first-order chi connectivity index (χ1) is 9.36. The summed E-state index contributed by atoms with van der Waals surface area (Å²) >= 11 is 0. The van der Waals surface area contributed by atoms with Gasteiger partial charge in [-0.1, -0.05) is 0 Å². The fraction of sp³-hybridized carbons (Fsp3) is 0.667. The molecule has 0 spiro atoms. The normalized spacial score (nSPS) is 20.6. The molecule has 2 fully saturated rings. The molecule has 1 aromatic heterocycles. The molecule has 3 heterocycles. The van der Waals surface area contributed by atoms with Crippen molar-refractivity contribution >= 4 is 17.3 Å². The lowest BCUT2D eigenvalue weighted by atomic mass is 10.3. The van der Waals surface area contributed by atoms with E-state index in [4.69, 9.17) is 15.2 Å². The van der Waals surface area contributed by atoms with Crippen molar-refractivity contribution in [2.75, 3.05) is 68.1 Å². The molecule has 7 nitrogen and oxygen atoms in total. The van der Waals surface area contributed by atoms with Crippen LogP contribution in [0, 0.1) is 0 Å². The van der Waals surface area contributed by atoms with Gasteiger partial charge in [0, 0.05) is 26.2 Å². The average Bonchev–Trinajstić information content (AvgIpc) is 2.49. The largest absolute Gasteiger partial charge is 0.393 e. The maximum absolute atomic E-state index is 6.26. The van der Waals surface area contributed by atoms with Crippen LogP contribution in [0.25, 0.3) is 0 Å². The van der Waals surface area contributed by atoms with Gasteiger partial charge >= 0.3 is 0 Å². The van der Waals surface area contributed by atoms with Gasteiger partial charge in [0.05, 0.1) is 26.4 Å². The summed E-state index contributed by atoms with van der Waals surface area (Å²) in [5.74, 6) is 1.64. The molecule has 2 N–H and O–H groups in total. The van der Waals surface area contributed by atoms with Crippen LogP contribution >= 0.6 is 0 Å². The van der Waals surface area contributed by atoms with E-state index in [0.717, 1.165) is 64.2 Å². The van der Waals surface area contributed by atoms with E-state index in [1.807, 2.05) is 0 Å². The number of hydrogen-bond donors (Lipinski definition) is 1. The van der Waals surface area contributed by atoms with E-state index in [1.165, 1.54) is 0 Å². The van der Waals surface area contributed by atoms with E-state index in [2.05, 4.69) is 19.8 Å².